The third-order valence-electron chi connectivity index (χ3n) is 4.38. The molecule has 9 heteroatoms. The zero-order valence-electron chi connectivity index (χ0n) is 15.5. The number of benzene rings is 2. The van der Waals surface area contributed by atoms with Crippen LogP contribution in [0.15, 0.2) is 42.5 Å². The lowest BCUT2D eigenvalue weighted by atomic mass is 10.1. The van der Waals surface area contributed by atoms with E-state index in [0.29, 0.717) is 27.2 Å². The zero-order chi connectivity index (χ0) is 21.0. The van der Waals surface area contributed by atoms with Gasteiger partial charge in [-0.05, 0) is 42.5 Å². The molecular weight excluding hydrogens is 419 g/mol. The Morgan fingerprint density at radius 2 is 1.83 bits per heavy atom. The Hall–Kier alpha value is -2.77. The van der Waals surface area contributed by atoms with E-state index in [1.54, 1.807) is 36.4 Å². The summed E-state index contributed by atoms with van der Waals surface area (Å²) in [4.78, 5) is 38.2. The Morgan fingerprint density at radius 3 is 2.52 bits per heavy atom. The Bertz CT molecular complexity index is 933. The van der Waals surface area contributed by atoms with E-state index in [1.165, 1.54) is 18.1 Å². The number of nitrogens with one attached hydrogen (secondary N) is 1. The SMILES string of the molecule is COc1ccc(Cl)cc1NC(=O)COC(=O)[C@@H]1CC(=O)N(c2ccc(Cl)cc2)C1. The molecule has 1 atom stereocenters. The highest BCUT2D eigenvalue weighted by Gasteiger charge is 2.36. The maximum Gasteiger partial charge on any atom is 0.311 e. The molecule has 1 aliphatic rings. The minimum absolute atomic E-state index is 0.0190. The summed E-state index contributed by atoms with van der Waals surface area (Å²) >= 11 is 11.8. The summed E-state index contributed by atoms with van der Waals surface area (Å²) in [6.07, 6.45) is 0.0190. The molecule has 2 amide bonds. The van der Waals surface area contributed by atoms with Gasteiger partial charge in [0, 0.05) is 28.7 Å². The van der Waals surface area contributed by atoms with Crippen molar-refractivity contribution in [1.29, 1.82) is 0 Å². The predicted molar refractivity (Wildman–Crippen MR) is 110 cm³/mol. The van der Waals surface area contributed by atoms with Crippen LogP contribution in [0.3, 0.4) is 0 Å². The van der Waals surface area contributed by atoms with Crippen LogP contribution in [0.2, 0.25) is 10.0 Å². The monoisotopic (exact) mass is 436 g/mol. The third kappa shape index (κ3) is 5.19. The highest BCUT2D eigenvalue weighted by atomic mass is 35.5. The molecule has 2 aromatic carbocycles. The van der Waals surface area contributed by atoms with Crippen LogP contribution in [0, 0.1) is 5.92 Å². The molecule has 3 rings (SSSR count). The average Bonchev–Trinajstić information content (AvgIpc) is 3.09. The maximum atomic E-state index is 12.3. The van der Waals surface area contributed by atoms with Gasteiger partial charge < -0.3 is 19.7 Å². The Balaban J connectivity index is 1.54. The van der Waals surface area contributed by atoms with Gasteiger partial charge in [0.05, 0.1) is 18.7 Å². The molecule has 1 fully saturated rings. The fourth-order valence-electron chi connectivity index (χ4n) is 2.95. The second-order valence-corrected chi connectivity index (χ2v) is 7.26. The van der Waals surface area contributed by atoms with Crippen LogP contribution in [0.25, 0.3) is 0 Å². The number of rotatable bonds is 6. The van der Waals surface area contributed by atoms with E-state index in [4.69, 9.17) is 32.7 Å². The second kappa shape index (κ2) is 9.15. The van der Waals surface area contributed by atoms with Crippen LogP contribution in [0.5, 0.6) is 5.75 Å². The summed E-state index contributed by atoms with van der Waals surface area (Å²) < 4.78 is 10.2. The largest absolute Gasteiger partial charge is 0.495 e. The average molecular weight is 437 g/mol. The first-order valence-corrected chi connectivity index (χ1v) is 9.49. The molecule has 0 bridgehead atoms. The van der Waals surface area contributed by atoms with Crippen LogP contribution >= 0.6 is 23.2 Å². The Morgan fingerprint density at radius 1 is 1.14 bits per heavy atom. The van der Waals surface area contributed by atoms with Crippen LogP contribution in [0.4, 0.5) is 11.4 Å². The fraction of sp³-hybridized carbons (Fsp3) is 0.250. The molecule has 7 nitrogen and oxygen atoms in total. The number of carbonyl (C=O) groups excluding carboxylic acids is 3. The van der Waals surface area contributed by atoms with Crippen molar-refractivity contribution in [2.45, 2.75) is 6.42 Å². The summed E-state index contributed by atoms with van der Waals surface area (Å²) in [7, 11) is 1.46. The van der Waals surface area contributed by atoms with Crippen molar-refractivity contribution in [2.24, 2.45) is 5.92 Å². The minimum Gasteiger partial charge on any atom is -0.495 e. The molecule has 2 aromatic rings. The topological polar surface area (TPSA) is 84.9 Å². The summed E-state index contributed by atoms with van der Waals surface area (Å²) in [5, 5.41) is 3.56. The van der Waals surface area contributed by atoms with Crippen molar-refractivity contribution in [2.75, 3.05) is 30.5 Å². The quantitative estimate of drug-likeness (QED) is 0.699. The first-order valence-electron chi connectivity index (χ1n) is 8.73. The number of amides is 2. The lowest BCUT2D eigenvalue weighted by molar-refractivity contribution is -0.151. The summed E-state index contributed by atoms with van der Waals surface area (Å²) in [5.41, 5.74) is 1.02. The highest BCUT2D eigenvalue weighted by Crippen LogP contribution is 2.28. The first-order chi connectivity index (χ1) is 13.9. The van der Waals surface area contributed by atoms with Crippen molar-refractivity contribution in [3.05, 3.63) is 52.5 Å². The number of hydrogen-bond acceptors (Lipinski definition) is 5. The van der Waals surface area contributed by atoms with Gasteiger partial charge in [0.1, 0.15) is 5.75 Å². The summed E-state index contributed by atoms with van der Waals surface area (Å²) in [6.45, 7) is -0.302. The van der Waals surface area contributed by atoms with Crippen molar-refractivity contribution < 1.29 is 23.9 Å². The van der Waals surface area contributed by atoms with E-state index in [0.717, 1.165) is 0 Å². The van der Waals surface area contributed by atoms with Gasteiger partial charge in [0.25, 0.3) is 5.91 Å². The fourth-order valence-corrected chi connectivity index (χ4v) is 3.25. The Kier molecular flexibility index (Phi) is 6.61. The smallest absolute Gasteiger partial charge is 0.311 e. The molecule has 0 aliphatic carbocycles. The van der Waals surface area contributed by atoms with E-state index in [2.05, 4.69) is 5.32 Å². The maximum absolute atomic E-state index is 12.3. The van der Waals surface area contributed by atoms with Crippen molar-refractivity contribution in [1.82, 2.24) is 0 Å². The number of ether oxygens (including phenoxy) is 2. The predicted octanol–water partition coefficient (Wildman–Crippen LogP) is 3.54. The van der Waals surface area contributed by atoms with Gasteiger partial charge in [-0.2, -0.15) is 0 Å². The number of methoxy groups -OCH3 is 1. The zero-order valence-corrected chi connectivity index (χ0v) is 17.0. The number of halogens is 2. The molecule has 0 saturated carbocycles. The van der Waals surface area contributed by atoms with Gasteiger partial charge in [0.15, 0.2) is 6.61 Å². The highest BCUT2D eigenvalue weighted by molar-refractivity contribution is 6.31. The van der Waals surface area contributed by atoms with Crippen LogP contribution in [-0.4, -0.2) is 38.0 Å². The molecule has 1 N–H and O–H groups in total. The molecule has 1 heterocycles. The Labute approximate surface area is 177 Å². The van der Waals surface area contributed by atoms with Crippen molar-refractivity contribution in [3.63, 3.8) is 0 Å². The van der Waals surface area contributed by atoms with Crippen LogP contribution < -0.4 is 15.0 Å². The van der Waals surface area contributed by atoms with Gasteiger partial charge in [-0.25, -0.2) is 0 Å². The number of hydrogen-bond donors (Lipinski definition) is 1. The molecule has 1 aliphatic heterocycles. The number of esters is 1. The van der Waals surface area contributed by atoms with E-state index in [9.17, 15) is 14.4 Å². The van der Waals surface area contributed by atoms with Crippen LogP contribution in [-0.2, 0) is 19.1 Å². The molecule has 0 aromatic heterocycles. The minimum atomic E-state index is -0.647. The lowest BCUT2D eigenvalue weighted by Gasteiger charge is -2.16. The van der Waals surface area contributed by atoms with E-state index in [1.807, 2.05) is 0 Å². The summed E-state index contributed by atoms with van der Waals surface area (Å²) in [5.74, 6) is -1.57. The van der Waals surface area contributed by atoms with Gasteiger partial charge in [0.2, 0.25) is 5.91 Å². The number of nitrogens with zero attached hydrogens (tertiary/aromatic N) is 1. The van der Waals surface area contributed by atoms with E-state index in [-0.39, 0.29) is 18.9 Å². The van der Waals surface area contributed by atoms with Gasteiger partial charge >= 0.3 is 5.97 Å². The molecule has 0 radical (unpaired) electrons. The standard InChI is InChI=1S/C20H18Cl2N2O5/c1-28-17-7-4-14(22)9-16(17)23-18(25)11-29-20(27)12-8-19(26)24(10-12)15-5-2-13(21)3-6-15/h2-7,9,12H,8,10-11H2,1H3,(H,23,25)/t12-/m1/s1. The van der Waals surface area contributed by atoms with Gasteiger partial charge in [-0.1, -0.05) is 23.2 Å². The lowest BCUT2D eigenvalue weighted by Crippen LogP contribution is -2.28. The van der Waals surface area contributed by atoms with Crippen LogP contribution in [0.1, 0.15) is 6.42 Å². The van der Waals surface area contributed by atoms with E-state index < -0.39 is 24.4 Å². The molecule has 29 heavy (non-hydrogen) atoms. The van der Waals surface area contributed by atoms with E-state index >= 15 is 0 Å². The third-order valence-corrected chi connectivity index (χ3v) is 4.86. The summed E-state index contributed by atoms with van der Waals surface area (Å²) in [6, 6.07) is 11.5. The first kappa shape index (κ1) is 21.0. The number of anilines is 2. The molecule has 1 saturated heterocycles. The number of carbonyl (C=O) groups is 3. The molecule has 0 spiro atoms. The molecule has 152 valence electrons. The molecular formula is C20H18Cl2N2O5. The van der Waals surface area contributed by atoms with Gasteiger partial charge in [-0.15, -0.1) is 0 Å². The molecule has 0 unspecified atom stereocenters. The van der Waals surface area contributed by atoms with Crippen molar-refractivity contribution in [3.8, 4) is 5.75 Å². The normalized spacial score (nSPS) is 15.9. The van der Waals surface area contributed by atoms with Crippen molar-refractivity contribution >= 4 is 52.4 Å². The van der Waals surface area contributed by atoms with Gasteiger partial charge in [-0.3, -0.25) is 14.4 Å². The second-order valence-electron chi connectivity index (χ2n) is 6.38.